The lowest BCUT2D eigenvalue weighted by Gasteiger charge is -2.10. The highest BCUT2D eigenvalue weighted by molar-refractivity contribution is 6.08. The summed E-state index contributed by atoms with van der Waals surface area (Å²) in [5.41, 5.74) is 0.399. The Balaban J connectivity index is 2.43. The Kier molecular flexibility index (Phi) is 4.14. The van der Waals surface area contributed by atoms with E-state index in [1.807, 2.05) is 6.07 Å². The molecule has 0 saturated heterocycles. The zero-order valence-corrected chi connectivity index (χ0v) is 10.9. The Morgan fingerprint density at radius 1 is 1.35 bits per heavy atom. The third kappa shape index (κ3) is 2.85. The monoisotopic (exact) mass is 274 g/mol. The second kappa shape index (κ2) is 6.01. The number of carbonyl (C=O) groups is 2. The molecule has 0 fully saturated rings. The van der Waals surface area contributed by atoms with E-state index >= 15 is 0 Å². The number of carboxylic acids is 1. The van der Waals surface area contributed by atoms with Gasteiger partial charge in [0, 0.05) is 18.1 Å². The highest BCUT2D eigenvalue weighted by atomic mass is 16.5. The van der Waals surface area contributed by atoms with Gasteiger partial charge >= 0.3 is 11.9 Å². The summed E-state index contributed by atoms with van der Waals surface area (Å²) in [5, 5.41) is 13.1. The third-order valence-corrected chi connectivity index (χ3v) is 2.83. The molecule has 0 aliphatic carbocycles. The molecule has 0 aliphatic rings. The van der Waals surface area contributed by atoms with Crippen LogP contribution in [0.3, 0.4) is 0 Å². The van der Waals surface area contributed by atoms with Gasteiger partial charge in [-0.05, 0) is 17.5 Å². The third-order valence-electron chi connectivity index (χ3n) is 2.83. The highest BCUT2D eigenvalue weighted by Crippen LogP contribution is 2.25. The highest BCUT2D eigenvalue weighted by Gasteiger charge is 2.14. The number of esters is 1. The molecule has 6 heteroatoms. The van der Waals surface area contributed by atoms with Crippen LogP contribution in [0.4, 0.5) is 5.82 Å². The summed E-state index contributed by atoms with van der Waals surface area (Å²) in [4.78, 5) is 26.5. The molecule has 1 aromatic carbocycles. The Morgan fingerprint density at radius 2 is 2.15 bits per heavy atom. The van der Waals surface area contributed by atoms with Crippen molar-refractivity contribution in [3.05, 3.63) is 36.0 Å². The number of methoxy groups -OCH3 is 1. The van der Waals surface area contributed by atoms with Crippen molar-refractivity contribution in [1.82, 2.24) is 4.98 Å². The summed E-state index contributed by atoms with van der Waals surface area (Å²) < 4.78 is 4.75. The topological polar surface area (TPSA) is 88.5 Å². The van der Waals surface area contributed by atoms with E-state index < -0.39 is 11.9 Å². The largest absolute Gasteiger partial charge is 0.481 e. The van der Waals surface area contributed by atoms with Gasteiger partial charge in [0.1, 0.15) is 5.82 Å². The van der Waals surface area contributed by atoms with Crippen LogP contribution in [-0.4, -0.2) is 35.7 Å². The molecule has 0 unspecified atom stereocenters. The molecule has 1 heterocycles. The number of aliphatic carboxylic acids is 1. The minimum absolute atomic E-state index is 0.0293. The van der Waals surface area contributed by atoms with E-state index in [0.29, 0.717) is 16.8 Å². The summed E-state index contributed by atoms with van der Waals surface area (Å²) in [6, 6.07) is 7.05. The summed E-state index contributed by atoms with van der Waals surface area (Å²) in [7, 11) is 1.31. The fourth-order valence-corrected chi connectivity index (χ4v) is 1.93. The van der Waals surface area contributed by atoms with Gasteiger partial charge in [-0.1, -0.05) is 12.1 Å². The molecular weight excluding hydrogens is 260 g/mol. The summed E-state index contributed by atoms with van der Waals surface area (Å²) in [5.74, 6) is -0.874. The summed E-state index contributed by atoms with van der Waals surface area (Å²) in [6.45, 7) is 0.233. The molecule has 0 atom stereocenters. The van der Waals surface area contributed by atoms with Crippen LogP contribution < -0.4 is 5.32 Å². The van der Waals surface area contributed by atoms with Crippen molar-refractivity contribution in [2.45, 2.75) is 6.42 Å². The lowest BCUT2D eigenvalue weighted by atomic mass is 10.1. The number of fused-ring (bicyclic) bond motifs is 1. The Labute approximate surface area is 115 Å². The number of carboxylic acid groups (broad SMARTS) is 1. The van der Waals surface area contributed by atoms with Gasteiger partial charge in [-0.25, -0.2) is 9.78 Å². The van der Waals surface area contributed by atoms with Gasteiger partial charge in [0.15, 0.2) is 0 Å². The Morgan fingerprint density at radius 3 is 2.85 bits per heavy atom. The van der Waals surface area contributed by atoms with Gasteiger partial charge in [0.25, 0.3) is 0 Å². The molecule has 0 spiro atoms. The van der Waals surface area contributed by atoms with Crippen molar-refractivity contribution in [2.24, 2.45) is 0 Å². The normalized spacial score (nSPS) is 10.2. The average Bonchev–Trinajstić information content (AvgIpc) is 2.45. The molecule has 0 bridgehead atoms. The van der Waals surface area contributed by atoms with Crippen molar-refractivity contribution in [3.63, 3.8) is 0 Å². The summed E-state index contributed by atoms with van der Waals surface area (Å²) >= 11 is 0. The number of benzene rings is 1. The van der Waals surface area contributed by atoms with Crippen LogP contribution in [0.5, 0.6) is 0 Å². The van der Waals surface area contributed by atoms with Crippen LogP contribution in [0, 0.1) is 0 Å². The second-order valence-electron chi connectivity index (χ2n) is 4.13. The first-order chi connectivity index (χ1) is 9.63. The van der Waals surface area contributed by atoms with Crippen LogP contribution in [0.15, 0.2) is 30.5 Å². The first-order valence-electron chi connectivity index (χ1n) is 6.05. The smallest absolute Gasteiger partial charge is 0.338 e. The van der Waals surface area contributed by atoms with Gasteiger partial charge < -0.3 is 15.2 Å². The molecule has 2 rings (SSSR count). The molecule has 0 aliphatic heterocycles. The molecule has 20 heavy (non-hydrogen) atoms. The van der Waals surface area contributed by atoms with Crippen LogP contribution in [0.2, 0.25) is 0 Å². The number of nitrogens with zero attached hydrogens (tertiary/aromatic N) is 1. The number of pyridine rings is 1. The second-order valence-corrected chi connectivity index (χ2v) is 4.13. The van der Waals surface area contributed by atoms with E-state index in [1.54, 1.807) is 24.4 Å². The molecule has 0 radical (unpaired) electrons. The van der Waals surface area contributed by atoms with Crippen molar-refractivity contribution < 1.29 is 19.4 Å². The van der Waals surface area contributed by atoms with Crippen LogP contribution in [-0.2, 0) is 9.53 Å². The maximum absolute atomic E-state index is 11.8. The van der Waals surface area contributed by atoms with E-state index in [1.165, 1.54) is 7.11 Å². The Hall–Kier alpha value is -2.63. The van der Waals surface area contributed by atoms with E-state index in [2.05, 4.69) is 10.3 Å². The minimum Gasteiger partial charge on any atom is -0.481 e. The van der Waals surface area contributed by atoms with Crippen molar-refractivity contribution >= 4 is 28.5 Å². The number of aromatic nitrogens is 1. The van der Waals surface area contributed by atoms with E-state index in [-0.39, 0.29) is 13.0 Å². The number of rotatable bonds is 5. The van der Waals surface area contributed by atoms with Crippen molar-refractivity contribution in [3.8, 4) is 0 Å². The Bertz CT molecular complexity index is 649. The molecule has 0 saturated carbocycles. The van der Waals surface area contributed by atoms with E-state index in [9.17, 15) is 9.59 Å². The summed E-state index contributed by atoms with van der Waals surface area (Å²) in [6.07, 6.45) is 1.57. The van der Waals surface area contributed by atoms with Crippen molar-refractivity contribution in [1.29, 1.82) is 0 Å². The van der Waals surface area contributed by atoms with E-state index in [0.717, 1.165) is 5.39 Å². The number of nitrogens with one attached hydrogen (secondary N) is 1. The van der Waals surface area contributed by atoms with Gasteiger partial charge in [-0.3, -0.25) is 4.79 Å². The zero-order chi connectivity index (χ0) is 14.5. The first kappa shape index (κ1) is 13.8. The SMILES string of the molecule is COC(=O)c1cccc2ccnc(NCCC(=O)O)c12. The fraction of sp³-hybridized carbons (Fsp3) is 0.214. The first-order valence-corrected chi connectivity index (χ1v) is 6.05. The average molecular weight is 274 g/mol. The molecule has 0 amide bonds. The number of carbonyl (C=O) groups excluding carboxylic acids is 1. The zero-order valence-electron chi connectivity index (χ0n) is 10.9. The molecule has 2 aromatic rings. The quantitative estimate of drug-likeness (QED) is 0.810. The van der Waals surface area contributed by atoms with E-state index in [4.69, 9.17) is 9.84 Å². The predicted molar refractivity (Wildman–Crippen MR) is 73.8 cm³/mol. The number of hydrogen-bond donors (Lipinski definition) is 2. The number of ether oxygens (including phenoxy) is 1. The number of hydrogen-bond acceptors (Lipinski definition) is 5. The standard InChI is InChI=1S/C14H14N2O4/c1-20-14(19)10-4-2-3-9-5-7-15-13(12(9)10)16-8-6-11(17)18/h2-5,7H,6,8H2,1H3,(H,15,16)(H,17,18). The lowest BCUT2D eigenvalue weighted by Crippen LogP contribution is -2.10. The molecule has 104 valence electrons. The molecule has 2 N–H and O–H groups in total. The molecule has 1 aromatic heterocycles. The van der Waals surface area contributed by atoms with Crippen LogP contribution >= 0.6 is 0 Å². The lowest BCUT2D eigenvalue weighted by molar-refractivity contribution is -0.136. The van der Waals surface area contributed by atoms with Gasteiger partial charge in [-0.2, -0.15) is 0 Å². The minimum atomic E-state index is -0.897. The fourth-order valence-electron chi connectivity index (χ4n) is 1.93. The van der Waals surface area contributed by atoms with Crippen LogP contribution in [0.25, 0.3) is 10.8 Å². The van der Waals surface area contributed by atoms with Gasteiger partial charge in [-0.15, -0.1) is 0 Å². The maximum Gasteiger partial charge on any atom is 0.338 e. The predicted octanol–water partition coefficient (Wildman–Crippen LogP) is 1.91. The van der Waals surface area contributed by atoms with Gasteiger partial charge in [0.2, 0.25) is 0 Å². The van der Waals surface area contributed by atoms with Crippen molar-refractivity contribution in [2.75, 3.05) is 19.0 Å². The van der Waals surface area contributed by atoms with Crippen LogP contribution in [0.1, 0.15) is 16.8 Å². The molecular formula is C14H14N2O4. The van der Waals surface area contributed by atoms with Gasteiger partial charge in [0.05, 0.1) is 19.1 Å². The molecule has 6 nitrogen and oxygen atoms in total. The number of anilines is 1. The maximum atomic E-state index is 11.8.